The molecule has 1 saturated heterocycles. The minimum absolute atomic E-state index is 0.782. The van der Waals surface area contributed by atoms with E-state index in [4.69, 9.17) is 4.74 Å². The number of allylic oxidation sites excluding steroid dienone is 4. The molecule has 2 aromatic heterocycles. The molecule has 3 rings (SSSR count). The molecular weight excluding hydrogens is 330 g/mol. The number of pyridine rings is 1. The van der Waals surface area contributed by atoms with Crippen LogP contribution in [0.1, 0.15) is 19.4 Å². The van der Waals surface area contributed by atoms with Gasteiger partial charge in [-0.2, -0.15) is 0 Å². The van der Waals surface area contributed by atoms with E-state index in [1.165, 1.54) is 22.2 Å². The highest BCUT2D eigenvalue weighted by Gasteiger charge is 2.18. The van der Waals surface area contributed by atoms with Crippen molar-refractivity contribution in [3.63, 3.8) is 0 Å². The minimum Gasteiger partial charge on any atom is -0.378 e. The smallest absolute Gasteiger partial charge is 0.152 e. The molecule has 0 N–H and O–H groups in total. The Hall–Kier alpha value is -1.98. The number of rotatable bonds is 5. The van der Waals surface area contributed by atoms with Crippen LogP contribution >= 0.6 is 11.9 Å². The molecule has 132 valence electrons. The Morgan fingerprint density at radius 1 is 1.28 bits per heavy atom. The molecule has 3 heterocycles. The van der Waals surface area contributed by atoms with Crippen molar-refractivity contribution >= 4 is 28.7 Å². The fraction of sp³-hybridized carbons (Fsp3) is 0.350. The van der Waals surface area contributed by atoms with Crippen LogP contribution < -0.4 is 4.90 Å². The van der Waals surface area contributed by atoms with Gasteiger partial charge in [0.05, 0.1) is 13.2 Å². The maximum Gasteiger partial charge on any atom is 0.152 e. The molecule has 0 aromatic carbocycles. The summed E-state index contributed by atoms with van der Waals surface area (Å²) in [6.07, 6.45) is 10.1. The third kappa shape index (κ3) is 3.99. The summed E-state index contributed by atoms with van der Waals surface area (Å²) < 4.78 is 7.63. The lowest BCUT2D eigenvalue weighted by atomic mass is 10.2. The number of aromatic nitrogens is 2. The molecule has 1 aliphatic heterocycles. The number of fused-ring (bicyclic) bond motifs is 1. The van der Waals surface area contributed by atoms with Gasteiger partial charge in [0.2, 0.25) is 0 Å². The number of anilines is 1. The molecule has 1 aliphatic rings. The fourth-order valence-electron chi connectivity index (χ4n) is 2.92. The van der Waals surface area contributed by atoms with E-state index in [2.05, 4.69) is 65.6 Å². The van der Waals surface area contributed by atoms with Gasteiger partial charge in [0.1, 0.15) is 0 Å². The largest absolute Gasteiger partial charge is 0.378 e. The van der Waals surface area contributed by atoms with Crippen molar-refractivity contribution in [3.05, 3.63) is 59.3 Å². The summed E-state index contributed by atoms with van der Waals surface area (Å²) in [6.45, 7) is 13.7. The van der Waals surface area contributed by atoms with E-state index in [-0.39, 0.29) is 0 Å². The maximum absolute atomic E-state index is 5.49. The summed E-state index contributed by atoms with van der Waals surface area (Å²) in [5.41, 5.74) is 4.75. The molecule has 0 amide bonds. The molecule has 0 atom stereocenters. The highest BCUT2D eigenvalue weighted by Crippen LogP contribution is 2.34. The summed E-state index contributed by atoms with van der Waals surface area (Å²) in [4.78, 5) is 8.13. The zero-order valence-corrected chi connectivity index (χ0v) is 16.0. The van der Waals surface area contributed by atoms with Crippen molar-refractivity contribution in [2.24, 2.45) is 0 Å². The molecule has 4 nitrogen and oxygen atoms in total. The first-order chi connectivity index (χ1) is 12.1. The van der Waals surface area contributed by atoms with E-state index in [9.17, 15) is 0 Å². The molecule has 0 unspecified atom stereocenters. The SMILES string of the molecule is C=C/C(=C\C=C(C)C)Sn1cc(C)c2c(N3CCOCC3)ccnc21. The summed E-state index contributed by atoms with van der Waals surface area (Å²) in [5, 5.41) is 1.22. The van der Waals surface area contributed by atoms with Crippen LogP contribution in [0, 0.1) is 6.92 Å². The monoisotopic (exact) mass is 355 g/mol. The Bertz CT molecular complexity index is 825. The van der Waals surface area contributed by atoms with Crippen LogP contribution in [-0.4, -0.2) is 35.3 Å². The standard InChI is InChI=1S/C20H25N3OS/c1-5-17(7-6-15(2)3)25-23-14-16(4)19-18(8-9-21-20(19)23)22-10-12-24-13-11-22/h5-9,14H,1,10-13H2,2-4H3/b17-7+. The van der Waals surface area contributed by atoms with E-state index in [0.29, 0.717) is 0 Å². The van der Waals surface area contributed by atoms with Crippen LogP contribution in [-0.2, 0) is 4.74 Å². The van der Waals surface area contributed by atoms with Crippen molar-refractivity contribution in [3.8, 4) is 0 Å². The van der Waals surface area contributed by atoms with Crippen LogP contribution in [0.4, 0.5) is 5.69 Å². The van der Waals surface area contributed by atoms with E-state index in [1.807, 2.05) is 12.3 Å². The minimum atomic E-state index is 0.782. The number of morpholine rings is 1. The average Bonchev–Trinajstić information content (AvgIpc) is 2.95. The van der Waals surface area contributed by atoms with Gasteiger partial charge in [-0.3, -0.25) is 3.97 Å². The Kier molecular flexibility index (Phi) is 5.66. The summed E-state index contributed by atoms with van der Waals surface area (Å²) >= 11 is 1.65. The maximum atomic E-state index is 5.49. The Labute approximate surface area is 154 Å². The predicted molar refractivity (Wildman–Crippen MR) is 108 cm³/mol. The molecule has 0 spiro atoms. The van der Waals surface area contributed by atoms with Crippen molar-refractivity contribution in [1.29, 1.82) is 0 Å². The third-order valence-corrected chi connectivity index (χ3v) is 5.15. The number of hydrogen-bond donors (Lipinski definition) is 0. The first kappa shape index (κ1) is 17.8. The zero-order chi connectivity index (χ0) is 17.8. The highest BCUT2D eigenvalue weighted by molar-refractivity contribution is 8.02. The first-order valence-electron chi connectivity index (χ1n) is 8.55. The topological polar surface area (TPSA) is 30.3 Å². The van der Waals surface area contributed by atoms with Crippen LogP contribution in [0.2, 0.25) is 0 Å². The normalized spacial score (nSPS) is 15.5. The van der Waals surface area contributed by atoms with Gasteiger partial charge in [-0.25, -0.2) is 4.98 Å². The molecular formula is C20H25N3OS. The van der Waals surface area contributed by atoms with Crippen molar-refractivity contribution in [2.45, 2.75) is 20.8 Å². The summed E-state index contributed by atoms with van der Waals surface area (Å²) in [6, 6.07) is 2.11. The Morgan fingerprint density at radius 2 is 2.04 bits per heavy atom. The number of nitrogens with zero attached hydrogens (tertiary/aromatic N) is 3. The summed E-state index contributed by atoms with van der Waals surface area (Å²) in [7, 11) is 0. The molecule has 25 heavy (non-hydrogen) atoms. The quantitative estimate of drug-likeness (QED) is 0.727. The van der Waals surface area contributed by atoms with E-state index in [0.717, 1.165) is 36.9 Å². The lowest BCUT2D eigenvalue weighted by molar-refractivity contribution is 0.123. The zero-order valence-electron chi connectivity index (χ0n) is 15.2. The Balaban J connectivity index is 1.99. The van der Waals surface area contributed by atoms with Gasteiger partial charge in [0.25, 0.3) is 0 Å². The van der Waals surface area contributed by atoms with Gasteiger partial charge < -0.3 is 9.64 Å². The fourth-order valence-corrected chi connectivity index (χ4v) is 3.79. The summed E-state index contributed by atoms with van der Waals surface area (Å²) in [5.74, 6) is 0. The molecule has 0 aliphatic carbocycles. The van der Waals surface area contributed by atoms with E-state index < -0.39 is 0 Å². The van der Waals surface area contributed by atoms with E-state index >= 15 is 0 Å². The van der Waals surface area contributed by atoms with Crippen LogP contribution in [0.15, 0.2) is 53.7 Å². The first-order valence-corrected chi connectivity index (χ1v) is 9.33. The van der Waals surface area contributed by atoms with Crippen molar-refractivity contribution in [1.82, 2.24) is 8.96 Å². The second-order valence-electron chi connectivity index (χ2n) is 6.37. The van der Waals surface area contributed by atoms with E-state index in [1.54, 1.807) is 11.9 Å². The second-order valence-corrected chi connectivity index (χ2v) is 7.42. The highest BCUT2D eigenvalue weighted by atomic mass is 32.2. The van der Waals surface area contributed by atoms with Gasteiger partial charge in [-0.15, -0.1) is 0 Å². The molecule has 0 saturated carbocycles. The Morgan fingerprint density at radius 3 is 2.72 bits per heavy atom. The average molecular weight is 356 g/mol. The molecule has 0 radical (unpaired) electrons. The molecule has 1 fully saturated rings. The number of ether oxygens (including phenoxy) is 1. The van der Waals surface area contributed by atoms with Crippen LogP contribution in [0.25, 0.3) is 11.0 Å². The van der Waals surface area contributed by atoms with Crippen LogP contribution in [0.3, 0.4) is 0 Å². The second kappa shape index (κ2) is 7.93. The third-order valence-electron chi connectivity index (χ3n) is 4.16. The van der Waals surface area contributed by atoms with Gasteiger partial charge >= 0.3 is 0 Å². The number of hydrogen-bond acceptors (Lipinski definition) is 4. The number of aryl methyl sites for hydroxylation is 1. The van der Waals surface area contributed by atoms with Gasteiger partial charge in [0.15, 0.2) is 5.65 Å². The van der Waals surface area contributed by atoms with Crippen molar-refractivity contribution in [2.75, 3.05) is 31.2 Å². The van der Waals surface area contributed by atoms with Crippen molar-refractivity contribution < 1.29 is 4.74 Å². The molecule has 5 heteroatoms. The molecule has 0 bridgehead atoms. The lowest BCUT2D eigenvalue weighted by Gasteiger charge is -2.29. The molecule has 2 aromatic rings. The van der Waals surface area contributed by atoms with Crippen LogP contribution in [0.5, 0.6) is 0 Å². The predicted octanol–water partition coefficient (Wildman–Crippen LogP) is 4.71. The van der Waals surface area contributed by atoms with Gasteiger partial charge in [-0.05, 0) is 50.4 Å². The van der Waals surface area contributed by atoms with Gasteiger partial charge in [-0.1, -0.05) is 24.3 Å². The lowest BCUT2D eigenvalue weighted by Crippen LogP contribution is -2.36. The van der Waals surface area contributed by atoms with Gasteiger partial charge in [0, 0.05) is 41.5 Å².